The van der Waals surface area contributed by atoms with Crippen molar-refractivity contribution in [3.8, 4) is 0 Å². The van der Waals surface area contributed by atoms with Crippen molar-refractivity contribution in [2.75, 3.05) is 11.3 Å². The molecule has 1 fully saturated rings. The molecule has 1 saturated carbocycles. The van der Waals surface area contributed by atoms with Gasteiger partial charge in [0.2, 0.25) is 0 Å². The zero-order valence-electron chi connectivity index (χ0n) is 14.8. The second-order valence-electron chi connectivity index (χ2n) is 6.33. The minimum Gasteiger partial charge on any atom is -0.452 e. The van der Waals surface area contributed by atoms with Gasteiger partial charge in [-0.15, -0.1) is 11.3 Å². The molecule has 7 nitrogen and oxygen atoms in total. The second kappa shape index (κ2) is 9.06. The molecule has 0 spiro atoms. The highest BCUT2D eigenvalue weighted by Gasteiger charge is 2.22. The molecule has 1 aromatic carbocycles. The van der Waals surface area contributed by atoms with Crippen LogP contribution in [0.3, 0.4) is 0 Å². The van der Waals surface area contributed by atoms with Gasteiger partial charge >= 0.3 is 5.97 Å². The van der Waals surface area contributed by atoms with E-state index in [1.165, 1.54) is 18.2 Å². The van der Waals surface area contributed by atoms with E-state index in [1.807, 2.05) is 0 Å². The number of carbonyl (C=O) groups is 2. The van der Waals surface area contributed by atoms with Crippen LogP contribution >= 0.6 is 27.3 Å². The molecular weight excluding hydrogens is 468 g/mol. The lowest BCUT2D eigenvalue weighted by molar-refractivity contribution is -0.124. The first-order valence-corrected chi connectivity index (χ1v) is 11.8. The van der Waals surface area contributed by atoms with E-state index in [0.717, 1.165) is 37.0 Å². The summed E-state index contributed by atoms with van der Waals surface area (Å²) in [5.41, 5.74) is 0.128. The number of sulfonamides is 1. The van der Waals surface area contributed by atoms with Crippen molar-refractivity contribution in [2.45, 2.75) is 35.9 Å². The molecule has 0 unspecified atom stereocenters. The second-order valence-corrected chi connectivity index (χ2v) is 10.7. The van der Waals surface area contributed by atoms with Gasteiger partial charge in [0, 0.05) is 6.04 Å². The summed E-state index contributed by atoms with van der Waals surface area (Å²) in [5.74, 6) is -1.13. The Hall–Kier alpha value is -1.91. The summed E-state index contributed by atoms with van der Waals surface area (Å²) in [5, 5.41) is 2.83. The third-order valence-electron chi connectivity index (χ3n) is 4.26. The van der Waals surface area contributed by atoms with Crippen molar-refractivity contribution < 1.29 is 22.7 Å². The van der Waals surface area contributed by atoms with Crippen molar-refractivity contribution in [1.82, 2.24) is 5.32 Å². The lowest BCUT2D eigenvalue weighted by Crippen LogP contribution is -2.36. The molecule has 3 rings (SSSR count). The maximum atomic E-state index is 12.5. The van der Waals surface area contributed by atoms with Crippen molar-refractivity contribution in [3.05, 3.63) is 45.7 Å². The van der Waals surface area contributed by atoms with E-state index in [1.54, 1.807) is 18.2 Å². The van der Waals surface area contributed by atoms with Crippen LogP contribution < -0.4 is 10.0 Å². The fraction of sp³-hybridized carbons (Fsp3) is 0.333. The number of hydrogen-bond donors (Lipinski definition) is 2. The normalized spacial score (nSPS) is 14.6. The maximum absolute atomic E-state index is 12.5. The van der Waals surface area contributed by atoms with Crippen LogP contribution in [0.15, 0.2) is 44.4 Å². The van der Waals surface area contributed by atoms with Gasteiger partial charge in [-0.25, -0.2) is 13.2 Å². The van der Waals surface area contributed by atoms with Crippen molar-refractivity contribution in [1.29, 1.82) is 0 Å². The first-order chi connectivity index (χ1) is 13.3. The summed E-state index contributed by atoms with van der Waals surface area (Å²) in [4.78, 5) is 24.3. The van der Waals surface area contributed by atoms with E-state index >= 15 is 0 Å². The van der Waals surface area contributed by atoms with E-state index in [2.05, 4.69) is 26.0 Å². The molecular formula is C18H19BrN2O5S2. The zero-order chi connectivity index (χ0) is 20.1. The predicted molar refractivity (Wildman–Crippen MR) is 110 cm³/mol. The third kappa shape index (κ3) is 5.33. The molecule has 1 aliphatic rings. The van der Waals surface area contributed by atoms with E-state index in [9.17, 15) is 18.0 Å². The van der Waals surface area contributed by atoms with Gasteiger partial charge in [-0.3, -0.25) is 9.52 Å². The van der Waals surface area contributed by atoms with Crippen LogP contribution in [0.2, 0.25) is 0 Å². The van der Waals surface area contributed by atoms with E-state index in [0.29, 0.717) is 3.79 Å². The largest absolute Gasteiger partial charge is 0.452 e. The minimum absolute atomic E-state index is 0.0374. The first kappa shape index (κ1) is 20.8. The fourth-order valence-corrected chi connectivity index (χ4v) is 6.03. The highest BCUT2D eigenvalue weighted by Crippen LogP contribution is 2.28. The van der Waals surface area contributed by atoms with E-state index < -0.39 is 22.6 Å². The van der Waals surface area contributed by atoms with Gasteiger partial charge in [0.05, 0.1) is 15.0 Å². The molecule has 1 aliphatic carbocycles. The molecule has 150 valence electrons. The molecule has 10 heteroatoms. The topological polar surface area (TPSA) is 102 Å². The van der Waals surface area contributed by atoms with E-state index in [-0.39, 0.29) is 27.4 Å². The number of hydrogen-bond acceptors (Lipinski definition) is 6. The number of amides is 1. The number of para-hydroxylation sites is 1. The minimum atomic E-state index is -3.84. The van der Waals surface area contributed by atoms with Gasteiger partial charge in [-0.2, -0.15) is 0 Å². The Balaban J connectivity index is 1.65. The van der Waals surface area contributed by atoms with Crippen molar-refractivity contribution >= 4 is 54.9 Å². The molecule has 1 aromatic heterocycles. The Labute approximate surface area is 175 Å². The van der Waals surface area contributed by atoms with Crippen LogP contribution in [0, 0.1) is 0 Å². The average molecular weight is 487 g/mol. The Morgan fingerprint density at radius 2 is 1.86 bits per heavy atom. The summed E-state index contributed by atoms with van der Waals surface area (Å²) in [7, 11) is -3.84. The monoisotopic (exact) mass is 486 g/mol. The number of halogens is 1. The van der Waals surface area contributed by atoms with Crippen molar-refractivity contribution in [2.24, 2.45) is 0 Å². The van der Waals surface area contributed by atoms with Gasteiger partial charge in [0.15, 0.2) is 6.61 Å². The highest BCUT2D eigenvalue weighted by atomic mass is 79.9. The third-order valence-corrected chi connectivity index (χ3v) is 7.74. The van der Waals surface area contributed by atoms with E-state index in [4.69, 9.17) is 4.74 Å². The first-order valence-electron chi connectivity index (χ1n) is 8.69. The zero-order valence-corrected chi connectivity index (χ0v) is 18.0. The van der Waals surface area contributed by atoms with Gasteiger partial charge < -0.3 is 10.1 Å². The summed E-state index contributed by atoms with van der Waals surface area (Å²) in [6.07, 6.45) is 4.03. The maximum Gasteiger partial charge on any atom is 0.340 e. The number of thiophene rings is 1. The quantitative estimate of drug-likeness (QED) is 0.582. The van der Waals surface area contributed by atoms with Gasteiger partial charge in [-0.1, -0.05) is 25.0 Å². The molecule has 0 atom stereocenters. The Morgan fingerprint density at radius 3 is 2.54 bits per heavy atom. The van der Waals surface area contributed by atoms with Gasteiger partial charge in [-0.05, 0) is 53.0 Å². The van der Waals surface area contributed by atoms with Crippen LogP contribution in [0.4, 0.5) is 5.69 Å². The highest BCUT2D eigenvalue weighted by molar-refractivity contribution is 9.11. The molecule has 28 heavy (non-hydrogen) atoms. The van der Waals surface area contributed by atoms with Crippen LogP contribution in [0.25, 0.3) is 0 Å². The molecule has 0 bridgehead atoms. The molecule has 0 saturated heterocycles. The Bertz CT molecular complexity index is 968. The number of esters is 1. The smallest absolute Gasteiger partial charge is 0.340 e. The van der Waals surface area contributed by atoms with Crippen LogP contribution in [-0.2, 0) is 19.6 Å². The lowest BCUT2D eigenvalue weighted by Gasteiger charge is -2.13. The number of ether oxygens (including phenoxy) is 1. The van der Waals surface area contributed by atoms with Crippen molar-refractivity contribution in [3.63, 3.8) is 0 Å². The van der Waals surface area contributed by atoms with Gasteiger partial charge in [0.1, 0.15) is 4.21 Å². The fourth-order valence-electron chi connectivity index (χ4n) is 2.94. The Kier molecular flexibility index (Phi) is 6.73. The average Bonchev–Trinajstić information content (AvgIpc) is 3.32. The molecule has 1 heterocycles. The summed E-state index contributed by atoms with van der Waals surface area (Å²) in [6, 6.07) is 9.33. The summed E-state index contributed by atoms with van der Waals surface area (Å²) in [6.45, 7) is -0.408. The lowest BCUT2D eigenvalue weighted by atomic mass is 10.2. The molecule has 0 radical (unpaired) electrons. The van der Waals surface area contributed by atoms with Crippen LogP contribution in [-0.4, -0.2) is 32.9 Å². The predicted octanol–water partition coefficient (Wildman–Crippen LogP) is 3.53. The number of anilines is 1. The SMILES string of the molecule is O=C(COC(=O)c1ccccc1NS(=O)(=O)c1ccc(Br)s1)NC1CCCC1. The molecule has 0 aliphatic heterocycles. The van der Waals surface area contributed by atoms with Gasteiger partial charge in [0.25, 0.3) is 15.9 Å². The number of carbonyl (C=O) groups excluding carboxylic acids is 2. The number of benzene rings is 1. The summed E-state index contributed by atoms with van der Waals surface area (Å²) >= 11 is 4.28. The van der Waals surface area contributed by atoms with Crippen LogP contribution in [0.1, 0.15) is 36.0 Å². The summed E-state index contributed by atoms with van der Waals surface area (Å²) < 4.78 is 33.3. The number of nitrogens with one attached hydrogen (secondary N) is 2. The standard InChI is InChI=1S/C18H19BrN2O5S2/c19-15-9-10-17(27-15)28(24,25)21-14-8-4-3-7-13(14)18(23)26-11-16(22)20-12-5-1-2-6-12/h3-4,7-10,12,21H,1-2,5-6,11H2,(H,20,22). The Morgan fingerprint density at radius 1 is 1.14 bits per heavy atom. The number of rotatable bonds is 7. The molecule has 2 N–H and O–H groups in total. The van der Waals surface area contributed by atoms with Crippen LogP contribution in [0.5, 0.6) is 0 Å². The molecule has 2 aromatic rings. The molecule has 1 amide bonds.